The Labute approximate surface area is 183 Å². The molecule has 0 bridgehead atoms. The van der Waals surface area contributed by atoms with Gasteiger partial charge in [0, 0.05) is 31.8 Å². The van der Waals surface area contributed by atoms with Crippen molar-refractivity contribution >= 4 is 64.1 Å². The van der Waals surface area contributed by atoms with Gasteiger partial charge in [-0.15, -0.1) is 11.3 Å². The molecule has 2 heterocycles. The van der Waals surface area contributed by atoms with E-state index >= 15 is 0 Å². The number of aryl methyl sites for hydroxylation is 1. The SMILES string of the molecule is Cc1cccc2c1[nH]c1c2ccc2c3cc(-c4ccc5ccccc5c4)ccc3sc21. The first-order valence-electron chi connectivity index (χ1n) is 10.6. The van der Waals surface area contributed by atoms with Crippen LogP contribution in [0.15, 0.2) is 91.0 Å². The molecule has 0 spiro atoms. The number of fused-ring (bicyclic) bond motifs is 8. The standard InChI is InChI=1S/C29H19NS/c1-17-5-4-8-22-23-12-13-24-25-16-21(20-10-9-18-6-2-3-7-19(18)15-20)11-14-26(25)31-29(24)28(23)30-27(17)22/h2-16,30H,1H3. The van der Waals surface area contributed by atoms with Crippen LogP contribution >= 0.6 is 11.3 Å². The summed E-state index contributed by atoms with van der Waals surface area (Å²) in [5.74, 6) is 0. The van der Waals surface area contributed by atoms with Crippen LogP contribution in [0.4, 0.5) is 0 Å². The zero-order valence-electron chi connectivity index (χ0n) is 17.1. The van der Waals surface area contributed by atoms with Gasteiger partial charge in [0.1, 0.15) is 0 Å². The predicted octanol–water partition coefficient (Wildman–Crippen LogP) is 8.82. The third kappa shape index (κ3) is 2.43. The van der Waals surface area contributed by atoms with E-state index in [4.69, 9.17) is 0 Å². The monoisotopic (exact) mass is 413 g/mol. The molecule has 2 heteroatoms. The Balaban J connectivity index is 1.49. The van der Waals surface area contributed by atoms with Crippen molar-refractivity contribution in [3.8, 4) is 11.1 Å². The van der Waals surface area contributed by atoms with E-state index in [9.17, 15) is 0 Å². The van der Waals surface area contributed by atoms with Crippen LogP contribution < -0.4 is 0 Å². The summed E-state index contributed by atoms with van der Waals surface area (Å²) in [7, 11) is 0. The molecule has 1 N–H and O–H groups in total. The van der Waals surface area contributed by atoms with Gasteiger partial charge in [0.05, 0.1) is 10.2 Å². The Hall–Kier alpha value is -3.62. The molecule has 5 aromatic carbocycles. The van der Waals surface area contributed by atoms with E-state index in [2.05, 4.69) is 103 Å². The number of benzene rings is 5. The first kappa shape index (κ1) is 17.1. The summed E-state index contributed by atoms with van der Waals surface area (Å²) in [5, 5.41) is 7.86. The molecule has 0 unspecified atom stereocenters. The van der Waals surface area contributed by atoms with Crippen LogP contribution in [-0.2, 0) is 0 Å². The smallest absolute Gasteiger partial charge is 0.0646 e. The molecule has 0 aliphatic heterocycles. The van der Waals surface area contributed by atoms with Gasteiger partial charge in [-0.2, -0.15) is 0 Å². The maximum atomic E-state index is 3.73. The summed E-state index contributed by atoms with van der Waals surface area (Å²) < 4.78 is 2.68. The largest absolute Gasteiger partial charge is 0.353 e. The summed E-state index contributed by atoms with van der Waals surface area (Å²) in [6, 6.07) is 33.3. The summed E-state index contributed by atoms with van der Waals surface area (Å²) in [4.78, 5) is 3.73. The van der Waals surface area contributed by atoms with Gasteiger partial charge in [0.25, 0.3) is 0 Å². The lowest BCUT2D eigenvalue weighted by Gasteiger charge is -2.05. The molecule has 146 valence electrons. The van der Waals surface area contributed by atoms with Crippen molar-refractivity contribution in [3.05, 3.63) is 96.6 Å². The zero-order chi connectivity index (χ0) is 20.5. The van der Waals surface area contributed by atoms with Crippen LogP contribution in [0.2, 0.25) is 0 Å². The lowest BCUT2D eigenvalue weighted by molar-refractivity contribution is 1.46. The van der Waals surface area contributed by atoms with Crippen molar-refractivity contribution in [2.45, 2.75) is 6.92 Å². The molecule has 0 saturated carbocycles. The second kappa shape index (κ2) is 6.19. The topological polar surface area (TPSA) is 15.8 Å². The minimum Gasteiger partial charge on any atom is -0.353 e. The highest BCUT2D eigenvalue weighted by Crippen LogP contribution is 2.42. The van der Waals surface area contributed by atoms with Crippen molar-refractivity contribution in [2.75, 3.05) is 0 Å². The van der Waals surface area contributed by atoms with Crippen LogP contribution in [-0.4, -0.2) is 4.98 Å². The molecule has 0 fully saturated rings. The molecule has 0 atom stereocenters. The molecular formula is C29H19NS. The quantitative estimate of drug-likeness (QED) is 0.277. The molecule has 31 heavy (non-hydrogen) atoms. The summed E-state index contributed by atoms with van der Waals surface area (Å²) in [6.45, 7) is 2.18. The lowest BCUT2D eigenvalue weighted by Crippen LogP contribution is -1.79. The minimum absolute atomic E-state index is 1.25. The van der Waals surface area contributed by atoms with Gasteiger partial charge in [-0.3, -0.25) is 0 Å². The highest BCUT2D eigenvalue weighted by atomic mass is 32.1. The summed E-state index contributed by atoms with van der Waals surface area (Å²) in [5.41, 5.74) is 6.34. The van der Waals surface area contributed by atoms with Gasteiger partial charge in [-0.1, -0.05) is 72.8 Å². The molecule has 7 aromatic rings. The number of para-hydroxylation sites is 1. The fraction of sp³-hybridized carbons (Fsp3) is 0.0345. The number of hydrogen-bond acceptors (Lipinski definition) is 1. The van der Waals surface area contributed by atoms with Crippen molar-refractivity contribution in [2.24, 2.45) is 0 Å². The maximum absolute atomic E-state index is 3.73. The summed E-state index contributed by atoms with van der Waals surface area (Å²) >= 11 is 1.89. The van der Waals surface area contributed by atoms with E-state index in [0.717, 1.165) is 0 Å². The third-order valence-corrected chi connectivity index (χ3v) is 7.74. The molecule has 0 amide bonds. The first-order chi connectivity index (χ1) is 15.3. The number of hydrogen-bond donors (Lipinski definition) is 1. The average molecular weight is 414 g/mol. The van der Waals surface area contributed by atoms with E-state index < -0.39 is 0 Å². The van der Waals surface area contributed by atoms with Crippen molar-refractivity contribution in [1.82, 2.24) is 4.98 Å². The molecule has 2 aromatic heterocycles. The van der Waals surface area contributed by atoms with Gasteiger partial charge in [0.15, 0.2) is 0 Å². The van der Waals surface area contributed by atoms with Gasteiger partial charge < -0.3 is 4.98 Å². The molecule has 7 rings (SSSR count). The fourth-order valence-electron chi connectivity index (χ4n) is 4.92. The Morgan fingerprint density at radius 3 is 2.29 bits per heavy atom. The van der Waals surface area contributed by atoms with E-state index in [1.807, 2.05) is 11.3 Å². The van der Waals surface area contributed by atoms with Gasteiger partial charge >= 0.3 is 0 Å². The molecule has 0 saturated heterocycles. The fourth-order valence-corrected chi connectivity index (χ4v) is 6.11. The second-order valence-electron chi connectivity index (χ2n) is 8.36. The van der Waals surface area contributed by atoms with E-state index in [0.29, 0.717) is 0 Å². The Kier molecular flexibility index (Phi) is 3.42. The van der Waals surface area contributed by atoms with E-state index in [1.165, 1.54) is 69.4 Å². The third-order valence-electron chi connectivity index (χ3n) is 6.54. The highest BCUT2D eigenvalue weighted by molar-refractivity contribution is 7.26. The Morgan fingerprint density at radius 1 is 0.581 bits per heavy atom. The molecule has 0 aliphatic rings. The minimum atomic E-state index is 1.25. The highest BCUT2D eigenvalue weighted by Gasteiger charge is 2.14. The zero-order valence-corrected chi connectivity index (χ0v) is 17.9. The molecule has 0 aliphatic carbocycles. The van der Waals surface area contributed by atoms with E-state index in [-0.39, 0.29) is 0 Å². The normalized spacial score (nSPS) is 12.0. The number of H-pyrrole nitrogens is 1. The van der Waals surface area contributed by atoms with Gasteiger partial charge in [0.2, 0.25) is 0 Å². The molecule has 0 radical (unpaired) electrons. The van der Waals surface area contributed by atoms with E-state index in [1.54, 1.807) is 0 Å². The van der Waals surface area contributed by atoms with Gasteiger partial charge in [-0.05, 0) is 52.6 Å². The number of thiophene rings is 1. The summed E-state index contributed by atoms with van der Waals surface area (Å²) in [6.07, 6.45) is 0. The first-order valence-corrected chi connectivity index (χ1v) is 11.4. The lowest BCUT2D eigenvalue weighted by atomic mass is 9.99. The van der Waals surface area contributed by atoms with Crippen LogP contribution in [0.1, 0.15) is 5.56 Å². The van der Waals surface area contributed by atoms with Crippen molar-refractivity contribution in [1.29, 1.82) is 0 Å². The number of aromatic amines is 1. The van der Waals surface area contributed by atoms with Crippen molar-refractivity contribution < 1.29 is 0 Å². The Bertz CT molecular complexity index is 1800. The van der Waals surface area contributed by atoms with Crippen LogP contribution in [0.5, 0.6) is 0 Å². The van der Waals surface area contributed by atoms with Crippen LogP contribution in [0, 0.1) is 6.92 Å². The number of aromatic nitrogens is 1. The molecule has 1 nitrogen and oxygen atoms in total. The Morgan fingerprint density at radius 2 is 1.35 bits per heavy atom. The van der Waals surface area contributed by atoms with Crippen molar-refractivity contribution in [3.63, 3.8) is 0 Å². The predicted molar refractivity (Wildman–Crippen MR) is 136 cm³/mol. The second-order valence-corrected chi connectivity index (χ2v) is 9.41. The maximum Gasteiger partial charge on any atom is 0.0646 e. The number of nitrogens with one attached hydrogen (secondary N) is 1. The number of rotatable bonds is 1. The van der Waals surface area contributed by atoms with Crippen LogP contribution in [0.3, 0.4) is 0 Å². The van der Waals surface area contributed by atoms with Crippen LogP contribution in [0.25, 0.3) is 63.9 Å². The van der Waals surface area contributed by atoms with Gasteiger partial charge in [-0.25, -0.2) is 0 Å². The average Bonchev–Trinajstić information content (AvgIpc) is 3.37. The molecular weight excluding hydrogens is 394 g/mol.